The highest BCUT2D eigenvalue weighted by atomic mass is 32.2. The molecule has 0 unspecified atom stereocenters. The monoisotopic (exact) mass is 276 g/mol. The van der Waals surface area contributed by atoms with Gasteiger partial charge in [-0.25, -0.2) is 13.2 Å². The molecule has 17 heavy (non-hydrogen) atoms. The van der Waals surface area contributed by atoms with Gasteiger partial charge in [-0.3, -0.25) is 0 Å². The summed E-state index contributed by atoms with van der Waals surface area (Å²) in [6, 6.07) is 1.45. The number of thiophene rings is 1. The van der Waals surface area contributed by atoms with E-state index in [1.54, 1.807) is 27.7 Å². The van der Waals surface area contributed by atoms with Crippen molar-refractivity contribution >= 4 is 27.1 Å². The van der Waals surface area contributed by atoms with E-state index in [2.05, 4.69) is 0 Å². The van der Waals surface area contributed by atoms with Gasteiger partial charge in [0.2, 0.25) is 0 Å². The van der Waals surface area contributed by atoms with E-state index in [1.807, 2.05) is 0 Å². The van der Waals surface area contributed by atoms with Crippen LogP contribution >= 0.6 is 11.3 Å². The number of carbonyl (C=O) groups is 1. The summed E-state index contributed by atoms with van der Waals surface area (Å²) >= 11 is 1.11. The van der Waals surface area contributed by atoms with Crippen molar-refractivity contribution in [1.82, 2.24) is 0 Å². The van der Waals surface area contributed by atoms with E-state index in [1.165, 1.54) is 6.07 Å². The fraction of sp³-hybridized carbons (Fsp3) is 0.545. The molecule has 0 fully saturated rings. The third-order valence-corrected chi connectivity index (χ3v) is 6.15. The molecule has 0 bridgehead atoms. The standard InChI is InChI=1S/C11H16O4S2/c1-7-8(5-9(16-7)10(12)13)6-17(14,15)11(2,3)4/h5H,6H2,1-4H3,(H,12,13). The molecule has 0 saturated heterocycles. The summed E-state index contributed by atoms with van der Waals surface area (Å²) in [5.74, 6) is -1.12. The molecule has 1 aromatic rings. The highest BCUT2D eigenvalue weighted by Gasteiger charge is 2.30. The predicted molar refractivity (Wildman–Crippen MR) is 68.4 cm³/mol. The molecule has 0 aliphatic rings. The van der Waals surface area contributed by atoms with Crippen molar-refractivity contribution < 1.29 is 18.3 Å². The Kier molecular flexibility index (Phi) is 3.69. The number of carboxylic acids is 1. The minimum Gasteiger partial charge on any atom is -0.477 e. The molecule has 0 aliphatic heterocycles. The van der Waals surface area contributed by atoms with Gasteiger partial charge in [0.05, 0.1) is 10.5 Å². The summed E-state index contributed by atoms with van der Waals surface area (Å²) in [4.78, 5) is 11.7. The van der Waals surface area contributed by atoms with Gasteiger partial charge in [-0.15, -0.1) is 11.3 Å². The first kappa shape index (κ1) is 14.2. The molecule has 1 N–H and O–H groups in total. The van der Waals surface area contributed by atoms with Gasteiger partial charge in [0.15, 0.2) is 9.84 Å². The normalized spacial score (nSPS) is 12.7. The van der Waals surface area contributed by atoms with Crippen molar-refractivity contribution in [2.75, 3.05) is 0 Å². The van der Waals surface area contributed by atoms with Crippen LogP contribution in [-0.2, 0) is 15.6 Å². The van der Waals surface area contributed by atoms with Crippen LogP contribution in [0.2, 0.25) is 0 Å². The molecule has 1 heterocycles. The molecule has 0 saturated carbocycles. The molecule has 6 heteroatoms. The Hall–Kier alpha value is -0.880. The van der Waals surface area contributed by atoms with Crippen molar-refractivity contribution in [3.8, 4) is 0 Å². The van der Waals surface area contributed by atoms with Crippen LogP contribution in [-0.4, -0.2) is 24.2 Å². The van der Waals surface area contributed by atoms with Crippen LogP contribution in [0.1, 0.15) is 40.9 Å². The molecule has 1 aromatic heterocycles. The Morgan fingerprint density at radius 3 is 2.29 bits per heavy atom. The minimum atomic E-state index is -3.27. The average Bonchev–Trinajstić information content (AvgIpc) is 2.45. The van der Waals surface area contributed by atoms with Gasteiger partial charge in [-0.1, -0.05) is 0 Å². The van der Waals surface area contributed by atoms with Crippen molar-refractivity contribution in [1.29, 1.82) is 0 Å². The molecule has 4 nitrogen and oxygen atoms in total. The molecule has 0 spiro atoms. The lowest BCUT2D eigenvalue weighted by atomic mass is 10.2. The second-order valence-corrected chi connectivity index (χ2v) is 8.87. The molecular formula is C11H16O4S2. The molecule has 0 aliphatic carbocycles. The average molecular weight is 276 g/mol. The molecular weight excluding hydrogens is 260 g/mol. The minimum absolute atomic E-state index is 0.105. The van der Waals surface area contributed by atoms with Crippen LogP contribution in [0.3, 0.4) is 0 Å². The smallest absolute Gasteiger partial charge is 0.345 e. The zero-order valence-corrected chi connectivity index (χ0v) is 11.9. The maximum Gasteiger partial charge on any atom is 0.345 e. The van der Waals surface area contributed by atoms with Crippen LogP contribution in [0.25, 0.3) is 0 Å². The lowest BCUT2D eigenvalue weighted by molar-refractivity contribution is 0.0702. The zero-order valence-electron chi connectivity index (χ0n) is 10.3. The van der Waals surface area contributed by atoms with Crippen molar-refractivity contribution in [2.45, 2.75) is 38.2 Å². The maximum absolute atomic E-state index is 12.0. The van der Waals surface area contributed by atoms with E-state index in [4.69, 9.17) is 5.11 Å². The van der Waals surface area contributed by atoms with E-state index in [9.17, 15) is 13.2 Å². The highest BCUT2D eigenvalue weighted by Crippen LogP contribution is 2.27. The summed E-state index contributed by atoms with van der Waals surface area (Å²) in [7, 11) is -3.27. The Morgan fingerprint density at radius 1 is 1.41 bits per heavy atom. The molecule has 1 rings (SSSR count). The van der Waals surface area contributed by atoms with E-state index in [0.717, 1.165) is 16.2 Å². The van der Waals surface area contributed by atoms with Crippen LogP contribution in [0.4, 0.5) is 0 Å². The van der Waals surface area contributed by atoms with Gasteiger partial charge in [-0.2, -0.15) is 0 Å². The second-order valence-electron chi connectivity index (χ2n) is 4.87. The lowest BCUT2D eigenvalue weighted by Crippen LogP contribution is -2.29. The van der Waals surface area contributed by atoms with Crippen molar-refractivity contribution in [3.63, 3.8) is 0 Å². The third-order valence-electron chi connectivity index (χ3n) is 2.51. The Labute approximate surface area is 105 Å². The highest BCUT2D eigenvalue weighted by molar-refractivity contribution is 7.92. The summed E-state index contributed by atoms with van der Waals surface area (Å²) in [5.41, 5.74) is 0.585. The zero-order chi connectivity index (χ0) is 13.4. The first-order valence-electron chi connectivity index (χ1n) is 5.09. The topological polar surface area (TPSA) is 71.4 Å². The number of hydrogen-bond acceptors (Lipinski definition) is 4. The lowest BCUT2D eigenvalue weighted by Gasteiger charge is -2.18. The van der Waals surface area contributed by atoms with Gasteiger partial charge in [0, 0.05) is 4.88 Å². The third kappa shape index (κ3) is 3.07. The number of carboxylic acid groups (broad SMARTS) is 1. The maximum atomic E-state index is 12.0. The summed E-state index contributed by atoms with van der Waals surface area (Å²) in [5, 5.41) is 8.84. The molecule has 0 atom stereocenters. The van der Waals surface area contributed by atoms with E-state index in [0.29, 0.717) is 5.56 Å². The van der Waals surface area contributed by atoms with Gasteiger partial charge in [0.25, 0.3) is 0 Å². The largest absolute Gasteiger partial charge is 0.477 e. The van der Waals surface area contributed by atoms with Crippen molar-refractivity contribution in [2.24, 2.45) is 0 Å². The number of rotatable bonds is 3. The fourth-order valence-corrected chi connectivity index (χ4v) is 3.30. The Morgan fingerprint density at radius 2 is 1.94 bits per heavy atom. The van der Waals surface area contributed by atoms with Crippen LogP contribution in [0.15, 0.2) is 6.07 Å². The van der Waals surface area contributed by atoms with E-state index < -0.39 is 20.6 Å². The molecule has 0 aromatic carbocycles. The Balaban J connectivity index is 3.09. The fourth-order valence-electron chi connectivity index (χ4n) is 1.19. The number of aromatic carboxylic acids is 1. The number of hydrogen-bond donors (Lipinski definition) is 1. The SMILES string of the molecule is Cc1sc(C(=O)O)cc1CS(=O)(=O)C(C)(C)C. The van der Waals surface area contributed by atoms with Crippen LogP contribution < -0.4 is 0 Å². The van der Waals surface area contributed by atoms with Crippen molar-refractivity contribution in [3.05, 3.63) is 21.4 Å². The summed E-state index contributed by atoms with van der Waals surface area (Å²) < 4.78 is 23.2. The summed E-state index contributed by atoms with van der Waals surface area (Å²) in [6.45, 7) is 6.66. The predicted octanol–water partition coefficient (Wildman–Crippen LogP) is 2.47. The number of aryl methyl sites for hydroxylation is 1. The van der Waals surface area contributed by atoms with Gasteiger partial charge >= 0.3 is 5.97 Å². The summed E-state index contributed by atoms with van der Waals surface area (Å²) in [6.07, 6.45) is 0. The quantitative estimate of drug-likeness (QED) is 0.920. The van der Waals surface area contributed by atoms with Gasteiger partial charge in [0.1, 0.15) is 4.88 Å². The van der Waals surface area contributed by atoms with Crippen LogP contribution in [0, 0.1) is 6.92 Å². The second kappa shape index (κ2) is 4.42. The Bertz CT molecular complexity index is 532. The van der Waals surface area contributed by atoms with E-state index >= 15 is 0 Å². The number of sulfone groups is 1. The van der Waals surface area contributed by atoms with Gasteiger partial charge in [-0.05, 0) is 39.3 Å². The van der Waals surface area contributed by atoms with Crippen LogP contribution in [0.5, 0.6) is 0 Å². The first-order chi connectivity index (χ1) is 7.54. The molecule has 0 amide bonds. The molecule has 0 radical (unpaired) electrons. The van der Waals surface area contributed by atoms with Gasteiger partial charge < -0.3 is 5.11 Å². The van der Waals surface area contributed by atoms with E-state index in [-0.39, 0.29) is 10.6 Å². The first-order valence-corrected chi connectivity index (χ1v) is 7.56. The molecule has 96 valence electrons.